The summed E-state index contributed by atoms with van der Waals surface area (Å²) in [5.74, 6) is 0.938. The highest BCUT2D eigenvalue weighted by molar-refractivity contribution is 7.98. The van der Waals surface area contributed by atoms with Gasteiger partial charge in [-0.25, -0.2) is 4.98 Å². The van der Waals surface area contributed by atoms with Crippen LogP contribution < -0.4 is 5.73 Å². The van der Waals surface area contributed by atoms with E-state index in [0.29, 0.717) is 0 Å². The Labute approximate surface area is 135 Å². The molecule has 112 valence electrons. The second kappa shape index (κ2) is 5.75. The molecule has 2 aromatic rings. The number of rotatable bonds is 3. The lowest BCUT2D eigenvalue weighted by atomic mass is 9.77. The maximum absolute atomic E-state index is 6.32. The monoisotopic (exact) mass is 318 g/mol. The quantitative estimate of drug-likeness (QED) is 0.833. The molecule has 0 bridgehead atoms. The van der Waals surface area contributed by atoms with Crippen LogP contribution in [0.1, 0.15) is 47.5 Å². The van der Waals surface area contributed by atoms with Gasteiger partial charge in [-0.05, 0) is 37.3 Å². The van der Waals surface area contributed by atoms with Crippen molar-refractivity contribution in [1.82, 2.24) is 4.98 Å². The fourth-order valence-corrected chi connectivity index (χ4v) is 4.86. The van der Waals surface area contributed by atoms with E-state index in [1.807, 2.05) is 23.1 Å². The molecule has 0 radical (unpaired) electrons. The number of benzene rings is 1. The summed E-state index contributed by atoms with van der Waals surface area (Å²) < 4.78 is 0. The van der Waals surface area contributed by atoms with Crippen molar-refractivity contribution in [3.63, 3.8) is 0 Å². The maximum atomic E-state index is 6.32. The Bertz CT molecular complexity index is 629. The van der Waals surface area contributed by atoms with Gasteiger partial charge in [-0.3, -0.25) is 0 Å². The molecule has 1 unspecified atom stereocenters. The molecule has 1 heterocycles. The fraction of sp³-hybridized carbons (Fsp3) is 0.471. The average molecular weight is 319 g/mol. The smallest absolute Gasteiger partial charge is 0.103 e. The van der Waals surface area contributed by atoms with E-state index in [1.54, 1.807) is 0 Å². The van der Waals surface area contributed by atoms with Crippen molar-refractivity contribution in [1.29, 1.82) is 0 Å². The summed E-state index contributed by atoms with van der Waals surface area (Å²) in [7, 11) is 0. The molecule has 1 aromatic carbocycles. The first-order chi connectivity index (χ1) is 9.93. The van der Waals surface area contributed by atoms with Crippen LogP contribution in [0.2, 0.25) is 0 Å². The van der Waals surface area contributed by atoms with Crippen molar-refractivity contribution in [2.45, 2.75) is 50.3 Å². The lowest BCUT2D eigenvalue weighted by Crippen LogP contribution is -2.28. The van der Waals surface area contributed by atoms with Crippen molar-refractivity contribution in [3.8, 4) is 0 Å². The number of nitrogens with zero attached hydrogens (tertiary/aromatic N) is 1. The molecule has 0 saturated heterocycles. The zero-order valence-electron chi connectivity index (χ0n) is 12.8. The topological polar surface area (TPSA) is 38.9 Å². The number of fused-ring (bicyclic) bond motifs is 1. The summed E-state index contributed by atoms with van der Waals surface area (Å²) in [5.41, 5.74) is 9.14. The number of aromatic nitrogens is 1. The third kappa shape index (κ3) is 3.50. The number of aryl methyl sites for hydroxylation is 1. The van der Waals surface area contributed by atoms with Crippen molar-refractivity contribution < 1.29 is 0 Å². The molecule has 0 fully saturated rings. The number of hydrogen-bond acceptors (Lipinski definition) is 4. The van der Waals surface area contributed by atoms with Gasteiger partial charge >= 0.3 is 0 Å². The molecule has 0 amide bonds. The molecule has 1 atom stereocenters. The number of nitrogens with two attached hydrogens (primary N) is 1. The Morgan fingerprint density at radius 2 is 2.05 bits per heavy atom. The Balaban J connectivity index is 1.72. The first-order valence-corrected chi connectivity index (χ1v) is 9.17. The molecular formula is C17H22N2S2. The third-order valence-corrected chi connectivity index (χ3v) is 6.35. The molecule has 1 aliphatic rings. The minimum absolute atomic E-state index is 0.166. The minimum atomic E-state index is 0.166. The molecule has 0 aliphatic heterocycles. The van der Waals surface area contributed by atoms with Crippen LogP contribution in [0.3, 0.4) is 0 Å². The molecule has 4 heteroatoms. The highest BCUT2D eigenvalue weighted by Gasteiger charge is 2.33. The normalized spacial score (nSPS) is 20.3. The van der Waals surface area contributed by atoms with Crippen LogP contribution in [0.4, 0.5) is 0 Å². The van der Waals surface area contributed by atoms with Crippen LogP contribution in [0.15, 0.2) is 29.2 Å². The maximum Gasteiger partial charge on any atom is 0.103 e. The molecule has 21 heavy (non-hydrogen) atoms. The Morgan fingerprint density at radius 1 is 1.33 bits per heavy atom. The molecule has 1 aliphatic carbocycles. The van der Waals surface area contributed by atoms with Crippen LogP contribution in [0.25, 0.3) is 0 Å². The van der Waals surface area contributed by atoms with Crippen LogP contribution in [0.5, 0.6) is 0 Å². The molecule has 2 N–H and O–H groups in total. The van der Waals surface area contributed by atoms with Gasteiger partial charge in [0.1, 0.15) is 5.01 Å². The van der Waals surface area contributed by atoms with E-state index in [9.17, 15) is 0 Å². The molecular weight excluding hydrogens is 296 g/mol. The van der Waals surface area contributed by atoms with Crippen molar-refractivity contribution in [2.75, 3.05) is 0 Å². The van der Waals surface area contributed by atoms with E-state index in [2.05, 4.69) is 45.0 Å². The van der Waals surface area contributed by atoms with E-state index < -0.39 is 0 Å². The summed E-state index contributed by atoms with van der Waals surface area (Å²) in [5, 5.41) is 1.21. The van der Waals surface area contributed by atoms with Gasteiger partial charge in [0.25, 0.3) is 0 Å². The molecule has 0 saturated carbocycles. The number of hydrogen-bond donors (Lipinski definition) is 1. The van der Waals surface area contributed by atoms with Crippen molar-refractivity contribution >= 4 is 23.1 Å². The summed E-state index contributed by atoms with van der Waals surface area (Å²) >= 11 is 3.66. The molecule has 1 aromatic heterocycles. The van der Waals surface area contributed by atoms with Gasteiger partial charge in [0, 0.05) is 15.8 Å². The van der Waals surface area contributed by atoms with Crippen LogP contribution in [-0.4, -0.2) is 4.98 Å². The van der Waals surface area contributed by atoms with Gasteiger partial charge in [-0.15, -0.1) is 23.1 Å². The summed E-state index contributed by atoms with van der Waals surface area (Å²) in [4.78, 5) is 7.46. The van der Waals surface area contributed by atoms with Crippen LogP contribution in [0, 0.1) is 12.3 Å². The van der Waals surface area contributed by atoms with Crippen molar-refractivity contribution in [3.05, 3.63) is 45.4 Å². The van der Waals surface area contributed by atoms with Crippen molar-refractivity contribution in [2.24, 2.45) is 11.1 Å². The van der Waals surface area contributed by atoms with Gasteiger partial charge in [-0.1, -0.05) is 31.5 Å². The molecule has 0 spiro atoms. The van der Waals surface area contributed by atoms with Gasteiger partial charge in [-0.2, -0.15) is 0 Å². The lowest BCUT2D eigenvalue weighted by molar-refractivity contribution is 0.282. The predicted octanol–water partition coefficient (Wildman–Crippen LogP) is 4.72. The molecule has 3 rings (SSSR count). The summed E-state index contributed by atoms with van der Waals surface area (Å²) in [6, 6.07) is 8.85. The minimum Gasteiger partial charge on any atom is -0.323 e. The predicted molar refractivity (Wildman–Crippen MR) is 91.9 cm³/mol. The van der Waals surface area contributed by atoms with Gasteiger partial charge in [0.2, 0.25) is 0 Å². The van der Waals surface area contributed by atoms with Gasteiger partial charge < -0.3 is 5.73 Å². The summed E-state index contributed by atoms with van der Waals surface area (Å²) in [6.45, 7) is 6.69. The third-order valence-electron chi connectivity index (χ3n) is 3.91. The Hall–Kier alpha value is -0.840. The zero-order valence-corrected chi connectivity index (χ0v) is 14.5. The summed E-state index contributed by atoms with van der Waals surface area (Å²) in [6.07, 6.45) is 2.12. The largest absolute Gasteiger partial charge is 0.323 e. The lowest BCUT2D eigenvalue weighted by Gasteiger charge is -2.32. The Kier molecular flexibility index (Phi) is 4.12. The SMILES string of the molecule is Cc1ccc(SCc2nc3c(s2)C(N)CC(C)(C)C3)cc1. The van der Waals surface area contributed by atoms with E-state index in [4.69, 9.17) is 10.7 Å². The zero-order chi connectivity index (χ0) is 15.0. The van der Waals surface area contributed by atoms with E-state index in [-0.39, 0.29) is 11.5 Å². The average Bonchev–Trinajstić information content (AvgIpc) is 2.80. The molecule has 2 nitrogen and oxygen atoms in total. The number of thioether (sulfide) groups is 1. The second-order valence-electron chi connectivity index (χ2n) is 6.67. The van der Waals surface area contributed by atoms with E-state index in [1.165, 1.54) is 26.0 Å². The number of thiazole rings is 1. The first-order valence-electron chi connectivity index (χ1n) is 7.36. The van der Waals surface area contributed by atoms with Crippen LogP contribution in [-0.2, 0) is 12.2 Å². The van der Waals surface area contributed by atoms with E-state index >= 15 is 0 Å². The first kappa shape index (κ1) is 15.1. The fourth-order valence-electron chi connectivity index (χ4n) is 2.89. The second-order valence-corrected chi connectivity index (χ2v) is 8.84. The standard InChI is InChI=1S/C17H22N2S2/c1-11-4-6-12(7-5-11)20-10-15-19-14-9-17(2,3)8-13(18)16(14)21-15/h4-7,13H,8-10,18H2,1-3H3. The van der Waals surface area contributed by atoms with Gasteiger partial charge in [0.05, 0.1) is 11.4 Å². The van der Waals surface area contributed by atoms with Crippen LogP contribution >= 0.6 is 23.1 Å². The van der Waals surface area contributed by atoms with E-state index in [0.717, 1.165) is 18.6 Å². The highest BCUT2D eigenvalue weighted by Crippen LogP contribution is 2.42. The van der Waals surface area contributed by atoms with Gasteiger partial charge in [0.15, 0.2) is 0 Å². The highest BCUT2D eigenvalue weighted by atomic mass is 32.2. The Morgan fingerprint density at radius 3 is 2.76 bits per heavy atom.